The maximum absolute atomic E-state index is 5.74. The zero-order valence-corrected chi connectivity index (χ0v) is 9.71. The molecule has 0 aromatic heterocycles. The van der Waals surface area contributed by atoms with Crippen LogP contribution in [0.5, 0.6) is 0 Å². The minimum absolute atomic E-state index is 0.0352. The summed E-state index contributed by atoms with van der Waals surface area (Å²) < 4.78 is 5.52. The van der Waals surface area contributed by atoms with Gasteiger partial charge in [-0.05, 0) is 44.0 Å². The SMILES string of the molecule is CCCOC(C)Nc1ccc(N)c(C)c1. The Balaban J connectivity index is 2.53. The number of benzene rings is 1. The third-order valence-corrected chi connectivity index (χ3v) is 2.21. The van der Waals surface area contributed by atoms with Crippen LogP contribution in [0, 0.1) is 6.92 Å². The molecular formula is C12H20N2O. The number of ether oxygens (including phenoxy) is 1. The Morgan fingerprint density at radius 3 is 2.80 bits per heavy atom. The summed E-state index contributed by atoms with van der Waals surface area (Å²) in [7, 11) is 0. The first-order valence-corrected chi connectivity index (χ1v) is 5.37. The van der Waals surface area contributed by atoms with E-state index in [1.54, 1.807) is 0 Å². The standard InChI is InChI=1S/C12H20N2O/c1-4-7-15-10(3)14-11-5-6-12(13)9(2)8-11/h5-6,8,10,14H,4,7,13H2,1-3H3. The highest BCUT2D eigenvalue weighted by Crippen LogP contribution is 2.17. The van der Waals surface area contributed by atoms with Crippen LogP contribution in [0.2, 0.25) is 0 Å². The van der Waals surface area contributed by atoms with Gasteiger partial charge in [0.25, 0.3) is 0 Å². The normalized spacial score (nSPS) is 12.5. The van der Waals surface area contributed by atoms with Crippen molar-refractivity contribution < 1.29 is 4.74 Å². The predicted octanol–water partition coefficient (Wildman–Crippen LogP) is 2.76. The highest BCUT2D eigenvalue weighted by molar-refractivity contribution is 5.56. The molecule has 3 N–H and O–H groups in total. The van der Waals surface area contributed by atoms with Crippen molar-refractivity contribution >= 4 is 11.4 Å². The Labute approximate surface area is 91.6 Å². The highest BCUT2D eigenvalue weighted by atomic mass is 16.5. The average molecular weight is 208 g/mol. The third-order valence-electron chi connectivity index (χ3n) is 2.21. The maximum Gasteiger partial charge on any atom is 0.124 e. The molecule has 0 aliphatic rings. The van der Waals surface area contributed by atoms with Gasteiger partial charge >= 0.3 is 0 Å². The molecule has 3 heteroatoms. The van der Waals surface area contributed by atoms with Crippen molar-refractivity contribution in [3.63, 3.8) is 0 Å². The van der Waals surface area contributed by atoms with Gasteiger partial charge in [-0.25, -0.2) is 0 Å². The van der Waals surface area contributed by atoms with E-state index in [9.17, 15) is 0 Å². The number of nitrogens with one attached hydrogen (secondary N) is 1. The molecule has 0 amide bonds. The summed E-state index contributed by atoms with van der Waals surface area (Å²) in [6, 6.07) is 5.90. The predicted molar refractivity (Wildman–Crippen MR) is 64.9 cm³/mol. The zero-order valence-electron chi connectivity index (χ0n) is 9.71. The van der Waals surface area contributed by atoms with Gasteiger partial charge < -0.3 is 15.8 Å². The Morgan fingerprint density at radius 2 is 2.20 bits per heavy atom. The summed E-state index contributed by atoms with van der Waals surface area (Å²) in [5, 5.41) is 3.27. The second kappa shape index (κ2) is 5.61. The van der Waals surface area contributed by atoms with Crippen LogP contribution in [0.4, 0.5) is 11.4 Å². The Kier molecular flexibility index (Phi) is 4.43. The van der Waals surface area contributed by atoms with Gasteiger partial charge in [0.1, 0.15) is 6.23 Å². The lowest BCUT2D eigenvalue weighted by Gasteiger charge is -2.16. The Hall–Kier alpha value is -1.22. The topological polar surface area (TPSA) is 47.3 Å². The lowest BCUT2D eigenvalue weighted by Crippen LogP contribution is -2.19. The molecule has 0 aliphatic carbocycles. The summed E-state index contributed by atoms with van der Waals surface area (Å²) in [6.45, 7) is 6.88. The molecule has 1 aromatic carbocycles. The zero-order chi connectivity index (χ0) is 11.3. The second-order valence-electron chi connectivity index (χ2n) is 3.73. The van der Waals surface area contributed by atoms with Gasteiger partial charge in [0, 0.05) is 18.0 Å². The van der Waals surface area contributed by atoms with E-state index in [1.807, 2.05) is 32.0 Å². The van der Waals surface area contributed by atoms with E-state index in [1.165, 1.54) is 0 Å². The lowest BCUT2D eigenvalue weighted by atomic mass is 10.2. The van der Waals surface area contributed by atoms with E-state index in [2.05, 4.69) is 12.2 Å². The molecule has 15 heavy (non-hydrogen) atoms. The molecule has 0 bridgehead atoms. The van der Waals surface area contributed by atoms with Crippen molar-refractivity contribution in [2.75, 3.05) is 17.7 Å². The van der Waals surface area contributed by atoms with Crippen LogP contribution in [0.25, 0.3) is 0 Å². The molecule has 0 saturated heterocycles. The third kappa shape index (κ3) is 3.80. The molecular weight excluding hydrogens is 188 g/mol. The van der Waals surface area contributed by atoms with Crippen molar-refractivity contribution in [2.24, 2.45) is 0 Å². The number of anilines is 2. The van der Waals surface area contributed by atoms with E-state index in [0.717, 1.165) is 30.0 Å². The minimum Gasteiger partial charge on any atom is -0.399 e. The quantitative estimate of drug-likeness (QED) is 0.578. The van der Waals surface area contributed by atoms with E-state index in [0.29, 0.717) is 0 Å². The Bertz CT molecular complexity index is 312. The van der Waals surface area contributed by atoms with Crippen LogP contribution >= 0.6 is 0 Å². The number of nitrogens with two attached hydrogens (primary N) is 1. The largest absolute Gasteiger partial charge is 0.399 e. The lowest BCUT2D eigenvalue weighted by molar-refractivity contribution is 0.0853. The van der Waals surface area contributed by atoms with Crippen LogP contribution in [-0.2, 0) is 4.74 Å². The van der Waals surface area contributed by atoms with E-state index in [4.69, 9.17) is 10.5 Å². The highest BCUT2D eigenvalue weighted by Gasteiger charge is 2.02. The first-order chi connectivity index (χ1) is 7.13. The van der Waals surface area contributed by atoms with E-state index >= 15 is 0 Å². The van der Waals surface area contributed by atoms with Crippen LogP contribution in [0.3, 0.4) is 0 Å². The monoisotopic (exact) mass is 208 g/mol. The molecule has 1 rings (SSSR count). The number of hydrogen-bond donors (Lipinski definition) is 2. The van der Waals surface area contributed by atoms with Crippen LogP contribution in [-0.4, -0.2) is 12.8 Å². The van der Waals surface area contributed by atoms with Gasteiger partial charge in [0.05, 0.1) is 0 Å². The van der Waals surface area contributed by atoms with Gasteiger partial charge in [-0.2, -0.15) is 0 Å². The van der Waals surface area contributed by atoms with Crippen molar-refractivity contribution in [1.29, 1.82) is 0 Å². The molecule has 0 radical (unpaired) electrons. The first kappa shape index (κ1) is 11.9. The molecule has 0 saturated carbocycles. The van der Waals surface area contributed by atoms with Crippen LogP contribution in [0.15, 0.2) is 18.2 Å². The first-order valence-electron chi connectivity index (χ1n) is 5.37. The van der Waals surface area contributed by atoms with Gasteiger partial charge in [0.2, 0.25) is 0 Å². The van der Waals surface area contributed by atoms with Gasteiger partial charge in [-0.1, -0.05) is 6.92 Å². The van der Waals surface area contributed by atoms with Gasteiger partial charge in [-0.3, -0.25) is 0 Å². The maximum atomic E-state index is 5.74. The number of aryl methyl sites for hydroxylation is 1. The number of nitrogen functional groups attached to an aromatic ring is 1. The van der Waals surface area contributed by atoms with Crippen molar-refractivity contribution in [3.8, 4) is 0 Å². The van der Waals surface area contributed by atoms with Crippen molar-refractivity contribution in [3.05, 3.63) is 23.8 Å². The summed E-state index contributed by atoms with van der Waals surface area (Å²) in [5.41, 5.74) is 8.70. The molecule has 84 valence electrons. The van der Waals surface area contributed by atoms with Gasteiger partial charge in [0.15, 0.2) is 0 Å². The minimum atomic E-state index is 0.0352. The Morgan fingerprint density at radius 1 is 1.47 bits per heavy atom. The van der Waals surface area contributed by atoms with Crippen molar-refractivity contribution in [1.82, 2.24) is 0 Å². The molecule has 1 unspecified atom stereocenters. The smallest absolute Gasteiger partial charge is 0.124 e. The molecule has 1 aromatic rings. The molecule has 0 spiro atoms. The number of hydrogen-bond acceptors (Lipinski definition) is 3. The van der Waals surface area contributed by atoms with E-state index in [-0.39, 0.29) is 6.23 Å². The van der Waals surface area contributed by atoms with Crippen LogP contribution < -0.4 is 11.1 Å². The van der Waals surface area contributed by atoms with Gasteiger partial charge in [-0.15, -0.1) is 0 Å². The van der Waals surface area contributed by atoms with E-state index < -0.39 is 0 Å². The van der Waals surface area contributed by atoms with Crippen molar-refractivity contribution in [2.45, 2.75) is 33.4 Å². The molecule has 1 atom stereocenters. The second-order valence-corrected chi connectivity index (χ2v) is 3.73. The fourth-order valence-corrected chi connectivity index (χ4v) is 1.34. The molecule has 3 nitrogen and oxygen atoms in total. The number of rotatable bonds is 5. The molecule has 0 aliphatic heterocycles. The summed E-state index contributed by atoms with van der Waals surface area (Å²) in [4.78, 5) is 0. The fourth-order valence-electron chi connectivity index (χ4n) is 1.34. The summed E-state index contributed by atoms with van der Waals surface area (Å²) in [6.07, 6.45) is 1.07. The molecule has 0 heterocycles. The summed E-state index contributed by atoms with van der Waals surface area (Å²) >= 11 is 0. The summed E-state index contributed by atoms with van der Waals surface area (Å²) in [5.74, 6) is 0. The molecule has 0 fully saturated rings. The average Bonchev–Trinajstić information content (AvgIpc) is 2.20. The fraction of sp³-hybridized carbons (Fsp3) is 0.500. The van der Waals surface area contributed by atoms with Crippen LogP contribution in [0.1, 0.15) is 25.8 Å².